The standard InChI is InChI=1S/C20H18N2O/c23-20(12-14-8-10-21-11-9-14)22-19-13-18(19)17-7-3-5-15-4-1-2-6-16(15)17/h1-11,18-19H,12-13H2,(H,22,23)/t18-,19+/m0/s1. The summed E-state index contributed by atoms with van der Waals surface area (Å²) >= 11 is 0. The van der Waals surface area contributed by atoms with Crippen molar-refractivity contribution in [3.63, 3.8) is 0 Å². The summed E-state index contributed by atoms with van der Waals surface area (Å²) in [5, 5.41) is 5.72. The van der Waals surface area contributed by atoms with Crippen LogP contribution in [-0.2, 0) is 11.2 Å². The summed E-state index contributed by atoms with van der Waals surface area (Å²) in [5.41, 5.74) is 2.34. The monoisotopic (exact) mass is 302 g/mol. The number of fused-ring (bicyclic) bond motifs is 1. The molecule has 23 heavy (non-hydrogen) atoms. The van der Waals surface area contributed by atoms with Gasteiger partial charge < -0.3 is 5.32 Å². The van der Waals surface area contributed by atoms with Gasteiger partial charge in [-0.15, -0.1) is 0 Å². The molecule has 4 rings (SSSR count). The zero-order valence-corrected chi connectivity index (χ0v) is 12.8. The fourth-order valence-corrected chi connectivity index (χ4v) is 3.22. The summed E-state index contributed by atoms with van der Waals surface area (Å²) in [4.78, 5) is 16.1. The number of benzene rings is 2. The van der Waals surface area contributed by atoms with E-state index in [1.807, 2.05) is 12.1 Å². The summed E-state index contributed by atoms with van der Waals surface area (Å²) in [6, 6.07) is 18.9. The number of amides is 1. The van der Waals surface area contributed by atoms with Gasteiger partial charge in [0.05, 0.1) is 6.42 Å². The highest BCUT2D eigenvalue weighted by Gasteiger charge is 2.40. The number of pyridine rings is 1. The number of carbonyl (C=O) groups excluding carboxylic acids is 1. The molecule has 1 fully saturated rings. The van der Waals surface area contributed by atoms with E-state index in [4.69, 9.17) is 0 Å². The van der Waals surface area contributed by atoms with E-state index in [2.05, 4.69) is 52.8 Å². The van der Waals surface area contributed by atoms with Crippen molar-refractivity contribution < 1.29 is 4.79 Å². The largest absolute Gasteiger partial charge is 0.352 e. The lowest BCUT2D eigenvalue weighted by molar-refractivity contribution is -0.120. The van der Waals surface area contributed by atoms with E-state index in [-0.39, 0.29) is 11.9 Å². The van der Waals surface area contributed by atoms with Crippen LogP contribution in [0.1, 0.15) is 23.5 Å². The van der Waals surface area contributed by atoms with Crippen molar-refractivity contribution in [1.29, 1.82) is 0 Å². The number of hydrogen-bond acceptors (Lipinski definition) is 2. The van der Waals surface area contributed by atoms with Crippen molar-refractivity contribution in [2.75, 3.05) is 0 Å². The molecule has 0 aliphatic heterocycles. The topological polar surface area (TPSA) is 42.0 Å². The molecule has 2 aromatic carbocycles. The maximum Gasteiger partial charge on any atom is 0.224 e. The quantitative estimate of drug-likeness (QED) is 0.802. The van der Waals surface area contributed by atoms with Gasteiger partial charge in [0.2, 0.25) is 5.91 Å². The molecule has 1 N–H and O–H groups in total. The Morgan fingerprint density at radius 2 is 1.83 bits per heavy atom. The number of nitrogens with zero attached hydrogens (tertiary/aromatic N) is 1. The van der Waals surface area contributed by atoms with Crippen LogP contribution in [0.15, 0.2) is 67.0 Å². The van der Waals surface area contributed by atoms with Gasteiger partial charge in [0.1, 0.15) is 0 Å². The van der Waals surface area contributed by atoms with E-state index in [0.717, 1.165) is 12.0 Å². The van der Waals surface area contributed by atoms with Crippen LogP contribution in [0.2, 0.25) is 0 Å². The van der Waals surface area contributed by atoms with E-state index in [0.29, 0.717) is 12.3 Å². The fraction of sp³-hybridized carbons (Fsp3) is 0.200. The first-order valence-corrected chi connectivity index (χ1v) is 7.97. The van der Waals surface area contributed by atoms with E-state index in [9.17, 15) is 4.79 Å². The van der Waals surface area contributed by atoms with E-state index in [1.54, 1.807) is 12.4 Å². The third-order valence-electron chi connectivity index (χ3n) is 4.47. The third-order valence-corrected chi connectivity index (χ3v) is 4.47. The molecule has 1 saturated carbocycles. The van der Waals surface area contributed by atoms with Crippen LogP contribution >= 0.6 is 0 Å². The lowest BCUT2D eigenvalue weighted by Gasteiger charge is -2.08. The molecule has 1 amide bonds. The predicted molar refractivity (Wildman–Crippen MR) is 91.2 cm³/mol. The normalized spacial score (nSPS) is 19.5. The number of rotatable bonds is 4. The first kappa shape index (κ1) is 13.9. The van der Waals surface area contributed by atoms with Gasteiger partial charge in [-0.2, -0.15) is 0 Å². The number of hydrogen-bond donors (Lipinski definition) is 1. The Morgan fingerprint density at radius 3 is 2.70 bits per heavy atom. The Balaban J connectivity index is 1.44. The average molecular weight is 302 g/mol. The molecule has 3 nitrogen and oxygen atoms in total. The second-order valence-electron chi connectivity index (χ2n) is 6.12. The Kier molecular flexibility index (Phi) is 3.54. The average Bonchev–Trinajstić information content (AvgIpc) is 3.34. The van der Waals surface area contributed by atoms with Crippen molar-refractivity contribution in [2.24, 2.45) is 0 Å². The van der Waals surface area contributed by atoms with Crippen LogP contribution in [0.25, 0.3) is 10.8 Å². The molecule has 1 aliphatic rings. The molecule has 3 heteroatoms. The van der Waals surface area contributed by atoms with E-state index >= 15 is 0 Å². The number of aromatic nitrogens is 1. The first-order valence-electron chi connectivity index (χ1n) is 7.97. The lowest BCUT2D eigenvalue weighted by Crippen LogP contribution is -2.28. The van der Waals surface area contributed by atoms with Gasteiger partial charge in [-0.3, -0.25) is 9.78 Å². The van der Waals surface area contributed by atoms with Gasteiger partial charge >= 0.3 is 0 Å². The van der Waals surface area contributed by atoms with Crippen molar-refractivity contribution in [2.45, 2.75) is 24.8 Å². The van der Waals surface area contributed by atoms with Crippen LogP contribution in [0.4, 0.5) is 0 Å². The van der Waals surface area contributed by atoms with Crippen molar-refractivity contribution in [1.82, 2.24) is 10.3 Å². The minimum atomic E-state index is 0.0870. The molecule has 1 aromatic heterocycles. The minimum absolute atomic E-state index is 0.0870. The van der Waals surface area contributed by atoms with Gasteiger partial charge in [-0.1, -0.05) is 42.5 Å². The summed E-state index contributed by atoms with van der Waals surface area (Å²) in [7, 11) is 0. The Labute approximate surface area is 135 Å². The lowest BCUT2D eigenvalue weighted by atomic mass is 10.0. The molecule has 1 heterocycles. The molecule has 114 valence electrons. The zero-order valence-electron chi connectivity index (χ0n) is 12.8. The van der Waals surface area contributed by atoms with Crippen molar-refractivity contribution >= 4 is 16.7 Å². The molecular formula is C20H18N2O. The molecule has 0 spiro atoms. The summed E-state index contributed by atoms with van der Waals surface area (Å²) < 4.78 is 0. The molecule has 3 aromatic rings. The first-order chi connectivity index (χ1) is 11.3. The van der Waals surface area contributed by atoms with Crippen LogP contribution in [-0.4, -0.2) is 16.9 Å². The van der Waals surface area contributed by atoms with Crippen LogP contribution in [0.3, 0.4) is 0 Å². The molecular weight excluding hydrogens is 284 g/mol. The Hall–Kier alpha value is -2.68. The van der Waals surface area contributed by atoms with Gasteiger partial charge in [-0.25, -0.2) is 0 Å². The number of nitrogens with one attached hydrogen (secondary N) is 1. The third kappa shape index (κ3) is 2.95. The van der Waals surface area contributed by atoms with Gasteiger partial charge in [-0.05, 0) is 40.5 Å². The second-order valence-corrected chi connectivity index (χ2v) is 6.12. The predicted octanol–water partition coefficient (Wildman–Crippen LogP) is 3.45. The highest BCUT2D eigenvalue weighted by Crippen LogP contribution is 2.43. The van der Waals surface area contributed by atoms with Crippen LogP contribution in [0, 0.1) is 0 Å². The molecule has 0 unspecified atom stereocenters. The molecule has 0 radical (unpaired) electrons. The summed E-state index contributed by atoms with van der Waals surface area (Å²) in [5.74, 6) is 0.520. The summed E-state index contributed by atoms with van der Waals surface area (Å²) in [6.07, 6.45) is 4.88. The Bertz CT molecular complexity index is 839. The maximum absolute atomic E-state index is 12.2. The molecule has 0 bridgehead atoms. The number of carbonyl (C=O) groups is 1. The van der Waals surface area contributed by atoms with Crippen LogP contribution < -0.4 is 5.32 Å². The maximum atomic E-state index is 12.2. The summed E-state index contributed by atoms with van der Waals surface area (Å²) in [6.45, 7) is 0. The fourth-order valence-electron chi connectivity index (χ4n) is 3.22. The SMILES string of the molecule is O=C(Cc1ccncc1)N[C@@H]1C[C@H]1c1cccc2ccccc12. The van der Waals surface area contributed by atoms with Gasteiger partial charge in [0.25, 0.3) is 0 Å². The van der Waals surface area contributed by atoms with E-state index in [1.165, 1.54) is 16.3 Å². The molecule has 2 atom stereocenters. The van der Waals surface area contributed by atoms with Crippen molar-refractivity contribution in [3.05, 3.63) is 78.1 Å². The van der Waals surface area contributed by atoms with Gasteiger partial charge in [0, 0.05) is 24.4 Å². The highest BCUT2D eigenvalue weighted by atomic mass is 16.1. The van der Waals surface area contributed by atoms with Crippen molar-refractivity contribution in [3.8, 4) is 0 Å². The van der Waals surface area contributed by atoms with Gasteiger partial charge in [0.15, 0.2) is 0 Å². The molecule has 0 saturated heterocycles. The smallest absolute Gasteiger partial charge is 0.224 e. The highest BCUT2D eigenvalue weighted by molar-refractivity contribution is 5.87. The minimum Gasteiger partial charge on any atom is -0.352 e. The Morgan fingerprint density at radius 1 is 1.04 bits per heavy atom. The zero-order chi connectivity index (χ0) is 15.6. The van der Waals surface area contributed by atoms with E-state index < -0.39 is 0 Å². The molecule has 1 aliphatic carbocycles. The second kappa shape index (κ2) is 5.84. The van der Waals surface area contributed by atoms with Crippen LogP contribution in [0.5, 0.6) is 0 Å².